The molecule has 0 aliphatic heterocycles. The Kier molecular flexibility index (Phi) is 3.82. The molecule has 0 heterocycles. The smallest absolute Gasteiger partial charge is 0.115 e. The molecule has 0 amide bonds. The molecule has 2 heteroatoms. The van der Waals surface area contributed by atoms with Crippen LogP contribution in [0, 0.1) is 0 Å². The second-order valence-electron chi connectivity index (χ2n) is 3.90. The van der Waals surface area contributed by atoms with Crippen molar-refractivity contribution in [3.05, 3.63) is 72.8 Å². The highest BCUT2D eigenvalue weighted by molar-refractivity contribution is 5.92. The summed E-state index contributed by atoms with van der Waals surface area (Å²) in [6, 6.07) is 22.8. The summed E-state index contributed by atoms with van der Waals surface area (Å²) in [5.74, 6) is 0.322. The molecule has 0 aliphatic carbocycles. The largest absolute Gasteiger partial charge is 0.508 e. The number of hydrogen-bond donors (Lipinski definition) is 2. The maximum absolute atomic E-state index is 8.63. The third-order valence-corrected chi connectivity index (χ3v) is 2.58. The van der Waals surface area contributed by atoms with E-state index in [2.05, 4.69) is 12.1 Å². The van der Waals surface area contributed by atoms with Crippen LogP contribution in [0.5, 0.6) is 5.75 Å². The lowest BCUT2D eigenvalue weighted by Gasteiger charge is -1.98. The van der Waals surface area contributed by atoms with Crippen LogP contribution in [0.4, 0.5) is 5.69 Å². The second-order valence-corrected chi connectivity index (χ2v) is 3.90. The molecule has 3 N–H and O–H groups in total. The van der Waals surface area contributed by atoms with Gasteiger partial charge in [-0.05, 0) is 23.6 Å². The van der Waals surface area contributed by atoms with Gasteiger partial charge in [-0.2, -0.15) is 0 Å². The first-order valence-corrected chi connectivity index (χ1v) is 5.74. The fraction of sp³-hybridized carbons (Fsp3) is 0. The molecule has 0 aromatic heterocycles. The van der Waals surface area contributed by atoms with E-state index in [0.717, 1.165) is 11.1 Å². The molecule has 90 valence electrons. The Morgan fingerprint density at radius 1 is 0.667 bits per heavy atom. The van der Waals surface area contributed by atoms with Gasteiger partial charge >= 0.3 is 0 Å². The highest BCUT2D eigenvalue weighted by Gasteiger charge is 1.92. The van der Waals surface area contributed by atoms with Crippen LogP contribution in [0.15, 0.2) is 72.8 Å². The number of anilines is 1. The minimum absolute atomic E-state index is 0.322. The van der Waals surface area contributed by atoms with Gasteiger partial charge in [0, 0.05) is 11.1 Å². The Hall–Kier alpha value is -2.48. The maximum atomic E-state index is 8.63. The second kappa shape index (κ2) is 5.73. The van der Waals surface area contributed by atoms with Gasteiger partial charge in [-0.15, -0.1) is 0 Å². The average Bonchev–Trinajstić information content (AvgIpc) is 2.41. The van der Waals surface area contributed by atoms with Gasteiger partial charge in [0.05, 0.1) is 0 Å². The Bertz CT molecular complexity index is 615. The maximum Gasteiger partial charge on any atom is 0.115 e. The summed E-state index contributed by atoms with van der Waals surface area (Å²) in [5, 5.41) is 11.0. The number of rotatable bonds is 0. The number of nitrogen functional groups attached to an aromatic ring is 1. The van der Waals surface area contributed by atoms with Crippen molar-refractivity contribution in [2.75, 3.05) is 5.73 Å². The summed E-state index contributed by atoms with van der Waals surface area (Å²) >= 11 is 0. The van der Waals surface area contributed by atoms with E-state index >= 15 is 0 Å². The molecule has 0 atom stereocenters. The van der Waals surface area contributed by atoms with Crippen LogP contribution in [0.25, 0.3) is 10.8 Å². The van der Waals surface area contributed by atoms with Crippen molar-refractivity contribution in [3.8, 4) is 5.75 Å². The Morgan fingerprint density at radius 3 is 1.89 bits per heavy atom. The van der Waals surface area contributed by atoms with E-state index < -0.39 is 0 Å². The molecule has 0 spiro atoms. The van der Waals surface area contributed by atoms with Crippen molar-refractivity contribution in [1.29, 1.82) is 0 Å². The quantitative estimate of drug-likeness (QED) is 0.584. The van der Waals surface area contributed by atoms with Gasteiger partial charge in [-0.1, -0.05) is 54.6 Å². The SMILES string of the molecule is Nc1cccc2ccccc12.Oc1ccccc1. The fourth-order valence-electron chi connectivity index (χ4n) is 1.68. The van der Waals surface area contributed by atoms with E-state index in [0.29, 0.717) is 5.75 Å². The highest BCUT2D eigenvalue weighted by atomic mass is 16.3. The van der Waals surface area contributed by atoms with Crippen molar-refractivity contribution < 1.29 is 5.11 Å². The number of phenols is 1. The van der Waals surface area contributed by atoms with Crippen LogP contribution in [0.3, 0.4) is 0 Å². The van der Waals surface area contributed by atoms with E-state index in [1.807, 2.05) is 36.4 Å². The molecule has 0 saturated heterocycles. The summed E-state index contributed by atoms with van der Waals surface area (Å²) in [4.78, 5) is 0. The topological polar surface area (TPSA) is 46.2 Å². The summed E-state index contributed by atoms with van der Waals surface area (Å²) < 4.78 is 0. The molecule has 3 rings (SSSR count). The van der Waals surface area contributed by atoms with Crippen LogP contribution in [-0.2, 0) is 0 Å². The van der Waals surface area contributed by atoms with Crippen LogP contribution in [0.2, 0.25) is 0 Å². The van der Waals surface area contributed by atoms with Crippen molar-refractivity contribution in [2.24, 2.45) is 0 Å². The minimum Gasteiger partial charge on any atom is -0.508 e. The molecule has 0 saturated carbocycles. The van der Waals surface area contributed by atoms with Crippen LogP contribution in [0.1, 0.15) is 0 Å². The number of fused-ring (bicyclic) bond motifs is 1. The van der Waals surface area contributed by atoms with Crippen molar-refractivity contribution in [1.82, 2.24) is 0 Å². The number of para-hydroxylation sites is 1. The van der Waals surface area contributed by atoms with Gasteiger partial charge in [-0.25, -0.2) is 0 Å². The van der Waals surface area contributed by atoms with E-state index in [4.69, 9.17) is 10.8 Å². The Labute approximate surface area is 106 Å². The molecule has 0 radical (unpaired) electrons. The zero-order valence-corrected chi connectivity index (χ0v) is 9.95. The zero-order chi connectivity index (χ0) is 12.8. The van der Waals surface area contributed by atoms with E-state index in [-0.39, 0.29) is 0 Å². The number of aromatic hydroxyl groups is 1. The highest BCUT2D eigenvalue weighted by Crippen LogP contribution is 2.19. The molecule has 0 fully saturated rings. The number of nitrogens with two attached hydrogens (primary N) is 1. The van der Waals surface area contributed by atoms with Crippen LogP contribution in [-0.4, -0.2) is 5.11 Å². The summed E-state index contributed by atoms with van der Waals surface area (Å²) in [7, 11) is 0. The first-order chi connectivity index (χ1) is 8.77. The molecule has 0 unspecified atom stereocenters. The van der Waals surface area contributed by atoms with Gasteiger partial charge in [0.25, 0.3) is 0 Å². The summed E-state index contributed by atoms with van der Waals surface area (Å²) in [5.41, 5.74) is 6.61. The predicted molar refractivity (Wildman–Crippen MR) is 76.5 cm³/mol. The first kappa shape index (κ1) is 12.0. The molecule has 2 nitrogen and oxygen atoms in total. The van der Waals surface area contributed by atoms with E-state index in [9.17, 15) is 0 Å². The predicted octanol–water partition coefficient (Wildman–Crippen LogP) is 3.81. The third-order valence-electron chi connectivity index (χ3n) is 2.58. The molecule has 0 bridgehead atoms. The van der Waals surface area contributed by atoms with Gasteiger partial charge in [0.15, 0.2) is 0 Å². The Balaban J connectivity index is 0.000000149. The molecule has 0 aliphatic rings. The van der Waals surface area contributed by atoms with Gasteiger partial charge in [0.2, 0.25) is 0 Å². The lowest BCUT2D eigenvalue weighted by atomic mass is 10.1. The zero-order valence-electron chi connectivity index (χ0n) is 9.95. The van der Waals surface area contributed by atoms with Crippen molar-refractivity contribution >= 4 is 16.5 Å². The van der Waals surface area contributed by atoms with E-state index in [1.54, 1.807) is 24.3 Å². The lowest BCUT2D eigenvalue weighted by molar-refractivity contribution is 0.475. The number of hydrogen-bond acceptors (Lipinski definition) is 2. The normalized spacial score (nSPS) is 9.56. The molecule has 3 aromatic rings. The minimum atomic E-state index is 0.322. The Morgan fingerprint density at radius 2 is 1.28 bits per heavy atom. The summed E-state index contributed by atoms with van der Waals surface area (Å²) in [6.07, 6.45) is 0. The van der Waals surface area contributed by atoms with Gasteiger partial charge in [0.1, 0.15) is 5.75 Å². The lowest BCUT2D eigenvalue weighted by Crippen LogP contribution is -1.84. The van der Waals surface area contributed by atoms with E-state index in [1.165, 1.54) is 5.39 Å². The monoisotopic (exact) mass is 237 g/mol. The molecular weight excluding hydrogens is 222 g/mol. The standard InChI is InChI=1S/C10H9N.C6H6O/c11-10-7-3-5-8-4-1-2-6-9(8)10;7-6-4-2-1-3-5-6/h1-7H,11H2;1-5,7H. The van der Waals surface area contributed by atoms with Crippen LogP contribution < -0.4 is 5.73 Å². The third kappa shape index (κ3) is 3.01. The van der Waals surface area contributed by atoms with Gasteiger partial charge < -0.3 is 10.8 Å². The fourth-order valence-corrected chi connectivity index (χ4v) is 1.68. The number of phenolic OH excluding ortho intramolecular Hbond substituents is 1. The van der Waals surface area contributed by atoms with Gasteiger partial charge in [-0.3, -0.25) is 0 Å². The van der Waals surface area contributed by atoms with Crippen LogP contribution >= 0.6 is 0 Å². The average molecular weight is 237 g/mol. The molecule has 3 aromatic carbocycles. The summed E-state index contributed by atoms with van der Waals surface area (Å²) in [6.45, 7) is 0. The molecule has 18 heavy (non-hydrogen) atoms. The van der Waals surface area contributed by atoms with Crippen molar-refractivity contribution in [3.63, 3.8) is 0 Å². The molecular formula is C16H15NO. The first-order valence-electron chi connectivity index (χ1n) is 5.74. The van der Waals surface area contributed by atoms with Crippen molar-refractivity contribution in [2.45, 2.75) is 0 Å². The number of benzene rings is 3.